The van der Waals surface area contributed by atoms with Crippen molar-refractivity contribution in [3.05, 3.63) is 58.6 Å². The number of anilines is 1. The van der Waals surface area contributed by atoms with Crippen molar-refractivity contribution in [2.24, 2.45) is 0 Å². The van der Waals surface area contributed by atoms with Crippen LogP contribution in [-0.2, 0) is 0 Å². The molecule has 0 fully saturated rings. The lowest BCUT2D eigenvalue weighted by atomic mass is 10.2. The number of rotatable bonds is 2. The Morgan fingerprint density at radius 2 is 1.94 bits per heavy atom. The minimum absolute atomic E-state index is 0.0394. The van der Waals surface area contributed by atoms with Crippen LogP contribution < -0.4 is 4.90 Å². The maximum absolute atomic E-state index is 13.7. The molecule has 0 unspecified atom stereocenters. The van der Waals surface area contributed by atoms with Crippen LogP contribution in [0.3, 0.4) is 0 Å². The van der Waals surface area contributed by atoms with E-state index in [0.717, 1.165) is 0 Å². The Bertz CT molecular complexity index is 574. The first-order chi connectivity index (χ1) is 8.59. The molecule has 3 nitrogen and oxygen atoms in total. The minimum Gasteiger partial charge on any atom is -0.311 e. The fraction of sp³-hybridized carbons (Fsp3) is 0.0769. The fourth-order valence-corrected chi connectivity index (χ4v) is 1.86. The highest BCUT2D eigenvalue weighted by molar-refractivity contribution is 9.10. The Kier molecular flexibility index (Phi) is 3.72. The highest BCUT2D eigenvalue weighted by Gasteiger charge is 2.17. The lowest BCUT2D eigenvalue weighted by Gasteiger charge is -2.17. The number of carbonyl (C=O) groups is 1. The molecule has 1 amide bonds. The summed E-state index contributed by atoms with van der Waals surface area (Å²) in [6, 6.07) is 7.74. The van der Waals surface area contributed by atoms with Gasteiger partial charge in [-0.1, -0.05) is 15.9 Å². The zero-order chi connectivity index (χ0) is 13.1. The molecule has 2 aromatic rings. The molecule has 0 spiro atoms. The monoisotopic (exact) mass is 308 g/mol. The lowest BCUT2D eigenvalue weighted by Crippen LogP contribution is -2.27. The first-order valence-corrected chi connectivity index (χ1v) is 6.02. The van der Waals surface area contributed by atoms with Gasteiger partial charge < -0.3 is 4.90 Å². The molecule has 0 aliphatic carbocycles. The summed E-state index contributed by atoms with van der Waals surface area (Å²) >= 11 is 3.15. The van der Waals surface area contributed by atoms with E-state index in [1.54, 1.807) is 37.6 Å². The van der Waals surface area contributed by atoms with E-state index in [9.17, 15) is 9.18 Å². The molecule has 0 saturated heterocycles. The second-order valence-electron chi connectivity index (χ2n) is 3.69. The molecule has 5 heteroatoms. The van der Waals surface area contributed by atoms with Crippen LogP contribution in [0.25, 0.3) is 0 Å². The summed E-state index contributed by atoms with van der Waals surface area (Å²) in [6.45, 7) is 0. The number of halogens is 2. The molecule has 0 aliphatic rings. The van der Waals surface area contributed by atoms with Gasteiger partial charge in [-0.3, -0.25) is 9.78 Å². The largest absolute Gasteiger partial charge is 0.311 e. The molecule has 0 saturated carbocycles. The summed E-state index contributed by atoms with van der Waals surface area (Å²) in [5.74, 6) is -0.943. The van der Waals surface area contributed by atoms with Crippen molar-refractivity contribution in [2.75, 3.05) is 11.9 Å². The molecule has 1 aromatic heterocycles. The Morgan fingerprint density at radius 1 is 1.28 bits per heavy atom. The number of carbonyl (C=O) groups excluding carboxylic acids is 1. The van der Waals surface area contributed by atoms with Gasteiger partial charge >= 0.3 is 0 Å². The summed E-state index contributed by atoms with van der Waals surface area (Å²) in [7, 11) is 1.60. The second kappa shape index (κ2) is 5.27. The van der Waals surface area contributed by atoms with Gasteiger partial charge in [0.05, 0.1) is 5.56 Å². The van der Waals surface area contributed by atoms with Crippen LogP contribution in [0.5, 0.6) is 0 Å². The van der Waals surface area contributed by atoms with E-state index < -0.39 is 11.7 Å². The number of nitrogens with zero attached hydrogens (tertiary/aromatic N) is 2. The van der Waals surface area contributed by atoms with Crippen molar-refractivity contribution in [3.63, 3.8) is 0 Å². The second-order valence-corrected chi connectivity index (χ2v) is 4.61. The Morgan fingerprint density at radius 3 is 2.56 bits per heavy atom. The van der Waals surface area contributed by atoms with E-state index in [-0.39, 0.29) is 5.56 Å². The third-order valence-corrected chi connectivity index (χ3v) is 3.01. The van der Waals surface area contributed by atoms with Gasteiger partial charge in [-0.05, 0) is 30.3 Å². The number of aromatic nitrogens is 1. The van der Waals surface area contributed by atoms with Crippen LogP contribution in [-0.4, -0.2) is 17.9 Å². The molecule has 0 N–H and O–H groups in total. The van der Waals surface area contributed by atoms with E-state index in [1.807, 2.05) is 0 Å². The van der Waals surface area contributed by atoms with Gasteiger partial charge in [-0.25, -0.2) is 4.39 Å². The summed E-state index contributed by atoms with van der Waals surface area (Å²) in [4.78, 5) is 17.4. The molecule has 1 heterocycles. The molecule has 0 radical (unpaired) electrons. The number of pyridine rings is 1. The maximum atomic E-state index is 13.7. The predicted octanol–water partition coefficient (Wildman–Crippen LogP) is 3.26. The Balaban J connectivity index is 2.32. The minimum atomic E-state index is -0.546. The van der Waals surface area contributed by atoms with Crippen LogP contribution >= 0.6 is 15.9 Å². The molecule has 1 aromatic carbocycles. The zero-order valence-electron chi connectivity index (χ0n) is 9.60. The normalized spacial score (nSPS) is 10.2. The Labute approximate surface area is 112 Å². The van der Waals surface area contributed by atoms with Gasteiger partial charge in [0, 0.05) is 29.6 Å². The summed E-state index contributed by atoms with van der Waals surface area (Å²) in [5, 5.41) is 0. The molecule has 0 bridgehead atoms. The predicted molar refractivity (Wildman–Crippen MR) is 71.1 cm³/mol. The summed E-state index contributed by atoms with van der Waals surface area (Å²) in [5.41, 5.74) is 0.704. The molecule has 0 aliphatic heterocycles. The first-order valence-electron chi connectivity index (χ1n) is 5.22. The van der Waals surface area contributed by atoms with E-state index in [0.29, 0.717) is 10.2 Å². The van der Waals surface area contributed by atoms with Gasteiger partial charge in [0.2, 0.25) is 0 Å². The van der Waals surface area contributed by atoms with Crippen molar-refractivity contribution < 1.29 is 9.18 Å². The molecule has 0 atom stereocenters. The van der Waals surface area contributed by atoms with Crippen molar-refractivity contribution in [3.8, 4) is 0 Å². The fourth-order valence-electron chi connectivity index (χ4n) is 1.53. The van der Waals surface area contributed by atoms with Gasteiger partial charge in [-0.15, -0.1) is 0 Å². The van der Waals surface area contributed by atoms with Crippen molar-refractivity contribution >= 4 is 27.5 Å². The summed E-state index contributed by atoms with van der Waals surface area (Å²) < 4.78 is 14.3. The van der Waals surface area contributed by atoms with Crippen molar-refractivity contribution in [1.29, 1.82) is 0 Å². The lowest BCUT2D eigenvalue weighted by molar-refractivity contribution is 0.0989. The van der Waals surface area contributed by atoms with Crippen LogP contribution in [0.2, 0.25) is 0 Å². The van der Waals surface area contributed by atoms with E-state index in [4.69, 9.17) is 0 Å². The van der Waals surface area contributed by atoms with Gasteiger partial charge in [0.1, 0.15) is 5.82 Å². The van der Waals surface area contributed by atoms with E-state index >= 15 is 0 Å². The number of hydrogen-bond donors (Lipinski definition) is 0. The highest BCUT2D eigenvalue weighted by atomic mass is 79.9. The standard InChI is InChI=1S/C13H10BrFN2O/c1-17(10-4-6-16-7-5-10)13(18)11-3-2-9(14)8-12(11)15/h2-8H,1H3. The van der Waals surface area contributed by atoms with Crippen LogP contribution in [0.15, 0.2) is 47.2 Å². The SMILES string of the molecule is CN(C(=O)c1ccc(Br)cc1F)c1ccncc1. The van der Waals surface area contributed by atoms with E-state index in [1.165, 1.54) is 17.0 Å². The number of benzene rings is 1. The molecular formula is C13H10BrFN2O. The van der Waals surface area contributed by atoms with Crippen LogP contribution in [0, 0.1) is 5.82 Å². The molecule has 18 heavy (non-hydrogen) atoms. The average Bonchev–Trinajstić information content (AvgIpc) is 2.38. The van der Waals surface area contributed by atoms with Gasteiger partial charge in [0.25, 0.3) is 5.91 Å². The molecular weight excluding hydrogens is 299 g/mol. The quantitative estimate of drug-likeness (QED) is 0.853. The smallest absolute Gasteiger partial charge is 0.260 e. The third-order valence-electron chi connectivity index (χ3n) is 2.52. The number of amides is 1. The number of hydrogen-bond acceptors (Lipinski definition) is 2. The first kappa shape index (κ1) is 12.7. The van der Waals surface area contributed by atoms with Gasteiger partial charge in [-0.2, -0.15) is 0 Å². The average molecular weight is 309 g/mol. The molecule has 2 rings (SSSR count). The van der Waals surface area contributed by atoms with Crippen molar-refractivity contribution in [1.82, 2.24) is 4.98 Å². The summed E-state index contributed by atoms with van der Waals surface area (Å²) in [6.07, 6.45) is 3.16. The van der Waals surface area contributed by atoms with Crippen molar-refractivity contribution in [2.45, 2.75) is 0 Å². The topological polar surface area (TPSA) is 33.2 Å². The maximum Gasteiger partial charge on any atom is 0.260 e. The zero-order valence-corrected chi connectivity index (χ0v) is 11.2. The highest BCUT2D eigenvalue weighted by Crippen LogP contribution is 2.19. The Hall–Kier alpha value is -1.75. The van der Waals surface area contributed by atoms with Crippen LogP contribution in [0.4, 0.5) is 10.1 Å². The molecule has 92 valence electrons. The van der Waals surface area contributed by atoms with Crippen LogP contribution in [0.1, 0.15) is 10.4 Å². The van der Waals surface area contributed by atoms with E-state index in [2.05, 4.69) is 20.9 Å². The van der Waals surface area contributed by atoms with Gasteiger partial charge in [0.15, 0.2) is 0 Å². The third kappa shape index (κ3) is 2.56.